The van der Waals surface area contributed by atoms with Crippen molar-refractivity contribution in [3.63, 3.8) is 0 Å². The summed E-state index contributed by atoms with van der Waals surface area (Å²) in [6.07, 6.45) is 2.94. The number of hydrogen-bond acceptors (Lipinski definition) is 6. The molecule has 110 valence electrons. The van der Waals surface area contributed by atoms with E-state index in [1.165, 1.54) is 30.6 Å². The van der Waals surface area contributed by atoms with Gasteiger partial charge in [-0.25, -0.2) is 8.42 Å². The van der Waals surface area contributed by atoms with Crippen molar-refractivity contribution < 1.29 is 13.3 Å². The fraction of sp³-hybridized carbons (Fsp3) is 0.0833. The molecule has 0 aliphatic heterocycles. The number of sulfonamides is 1. The number of nitrogens with one attached hydrogen (secondary N) is 1. The number of nitrogens with zero attached hydrogens (tertiary/aromatic N) is 2. The fourth-order valence-electron chi connectivity index (χ4n) is 1.64. The monoisotopic (exact) mass is 308 g/mol. The molecular formula is C12H12N4O4S. The zero-order valence-electron chi connectivity index (χ0n) is 11.0. The number of nitrogen functional groups attached to an aromatic ring is 1. The molecule has 1 heterocycles. The van der Waals surface area contributed by atoms with Crippen LogP contribution >= 0.6 is 0 Å². The Labute approximate surface area is 120 Å². The average molecular weight is 308 g/mol. The normalized spacial score (nSPS) is 11.1. The molecule has 0 unspecified atom stereocenters. The number of aryl methyl sites for hydroxylation is 1. The van der Waals surface area contributed by atoms with Gasteiger partial charge in [0.05, 0.1) is 15.5 Å². The molecule has 0 fully saturated rings. The van der Waals surface area contributed by atoms with Crippen LogP contribution in [0.2, 0.25) is 0 Å². The van der Waals surface area contributed by atoms with Gasteiger partial charge in [0.1, 0.15) is 5.69 Å². The van der Waals surface area contributed by atoms with Crippen molar-refractivity contribution in [3.8, 4) is 0 Å². The highest BCUT2D eigenvalue weighted by molar-refractivity contribution is 7.92. The van der Waals surface area contributed by atoms with E-state index in [-0.39, 0.29) is 10.6 Å². The second-order valence-electron chi connectivity index (χ2n) is 4.27. The number of hydrogen-bond donors (Lipinski definition) is 2. The number of nitro benzene ring substituents is 1. The first-order valence-corrected chi connectivity index (χ1v) is 7.27. The Hall–Kier alpha value is -2.68. The van der Waals surface area contributed by atoms with Crippen LogP contribution in [0.25, 0.3) is 0 Å². The molecule has 0 aliphatic carbocycles. The van der Waals surface area contributed by atoms with Gasteiger partial charge in [-0.1, -0.05) is 0 Å². The second kappa shape index (κ2) is 5.37. The molecule has 2 rings (SSSR count). The van der Waals surface area contributed by atoms with Crippen LogP contribution in [0.1, 0.15) is 5.56 Å². The lowest BCUT2D eigenvalue weighted by Gasteiger charge is -2.10. The lowest BCUT2D eigenvalue weighted by molar-refractivity contribution is -0.384. The van der Waals surface area contributed by atoms with E-state index in [4.69, 9.17) is 5.73 Å². The summed E-state index contributed by atoms with van der Waals surface area (Å²) in [5, 5.41) is 10.8. The topological polar surface area (TPSA) is 128 Å². The quantitative estimate of drug-likeness (QED) is 0.502. The van der Waals surface area contributed by atoms with Gasteiger partial charge in [0.2, 0.25) is 0 Å². The summed E-state index contributed by atoms with van der Waals surface area (Å²) in [7, 11) is -3.95. The lowest BCUT2D eigenvalue weighted by atomic mass is 10.3. The minimum absolute atomic E-state index is 0.0981. The van der Waals surface area contributed by atoms with Gasteiger partial charge in [-0.2, -0.15) is 0 Å². The number of aromatic nitrogens is 1. The molecule has 8 nitrogen and oxygen atoms in total. The maximum atomic E-state index is 12.2. The van der Waals surface area contributed by atoms with Gasteiger partial charge in [0.15, 0.2) is 0 Å². The summed E-state index contributed by atoms with van der Waals surface area (Å²) < 4.78 is 26.8. The van der Waals surface area contributed by atoms with Crippen LogP contribution in [-0.2, 0) is 10.0 Å². The summed E-state index contributed by atoms with van der Waals surface area (Å²) in [5.74, 6) is 0. The van der Waals surface area contributed by atoms with E-state index < -0.39 is 20.6 Å². The van der Waals surface area contributed by atoms with Gasteiger partial charge >= 0.3 is 0 Å². The Morgan fingerprint density at radius 1 is 1.33 bits per heavy atom. The third-order valence-corrected chi connectivity index (χ3v) is 4.14. The maximum absolute atomic E-state index is 12.2. The van der Waals surface area contributed by atoms with Gasteiger partial charge in [-0.3, -0.25) is 19.8 Å². The highest BCUT2D eigenvalue weighted by atomic mass is 32.2. The molecule has 3 N–H and O–H groups in total. The van der Waals surface area contributed by atoms with Gasteiger partial charge in [-0.05, 0) is 30.7 Å². The van der Waals surface area contributed by atoms with Gasteiger partial charge in [-0.15, -0.1) is 0 Å². The molecule has 1 aromatic carbocycles. The number of rotatable bonds is 4. The molecule has 0 saturated carbocycles. The van der Waals surface area contributed by atoms with Crippen LogP contribution < -0.4 is 10.5 Å². The fourth-order valence-corrected chi connectivity index (χ4v) is 2.79. The number of benzene rings is 1. The molecule has 21 heavy (non-hydrogen) atoms. The van der Waals surface area contributed by atoms with Crippen molar-refractivity contribution in [3.05, 3.63) is 52.3 Å². The first-order chi connectivity index (χ1) is 9.81. The minimum atomic E-state index is -3.95. The second-order valence-corrected chi connectivity index (χ2v) is 5.96. The predicted molar refractivity (Wildman–Crippen MR) is 77.3 cm³/mol. The Kier molecular flexibility index (Phi) is 3.76. The number of nitrogens with two attached hydrogens (primary N) is 1. The molecule has 1 aromatic heterocycles. The molecule has 0 spiro atoms. The summed E-state index contributed by atoms with van der Waals surface area (Å²) in [5.41, 5.74) is 5.87. The predicted octanol–water partition coefficient (Wildman–Crippen LogP) is 1.68. The summed E-state index contributed by atoms with van der Waals surface area (Å²) in [6, 6.07) is 4.82. The van der Waals surface area contributed by atoms with Crippen LogP contribution in [0, 0.1) is 17.0 Å². The molecule has 0 bridgehead atoms. The standard InChI is InChI=1S/C12H12N4O4S/c1-8-7-14-5-4-11(8)15-21(19,20)9-2-3-10(13)12(6-9)16(17)18/h2-7H,13H2,1H3,(H,14,15). The summed E-state index contributed by atoms with van der Waals surface area (Å²) in [4.78, 5) is 13.7. The Balaban J connectivity index is 2.43. The number of nitro groups is 1. The van der Waals surface area contributed by atoms with Crippen LogP contribution in [0.15, 0.2) is 41.6 Å². The molecule has 2 aromatic rings. The van der Waals surface area contributed by atoms with E-state index in [1.54, 1.807) is 6.92 Å². The first kappa shape index (κ1) is 14.7. The number of pyridine rings is 1. The number of anilines is 2. The summed E-state index contributed by atoms with van der Waals surface area (Å²) in [6.45, 7) is 1.69. The third-order valence-electron chi connectivity index (χ3n) is 2.77. The molecule has 0 atom stereocenters. The van der Waals surface area contributed by atoms with E-state index in [2.05, 4.69) is 9.71 Å². The highest BCUT2D eigenvalue weighted by Gasteiger charge is 2.20. The third kappa shape index (κ3) is 3.08. The van der Waals surface area contributed by atoms with E-state index in [9.17, 15) is 18.5 Å². The first-order valence-electron chi connectivity index (χ1n) is 5.78. The van der Waals surface area contributed by atoms with Crippen molar-refractivity contribution in [1.82, 2.24) is 4.98 Å². The smallest absolute Gasteiger partial charge is 0.293 e. The average Bonchev–Trinajstić information content (AvgIpc) is 2.41. The van der Waals surface area contributed by atoms with Gasteiger partial charge < -0.3 is 5.73 Å². The zero-order chi connectivity index (χ0) is 15.6. The van der Waals surface area contributed by atoms with E-state index in [0.29, 0.717) is 11.3 Å². The van der Waals surface area contributed by atoms with E-state index in [1.807, 2.05) is 0 Å². The Bertz CT molecular complexity index is 805. The van der Waals surface area contributed by atoms with Crippen molar-refractivity contribution in [2.75, 3.05) is 10.5 Å². The van der Waals surface area contributed by atoms with Crippen LogP contribution in [0.3, 0.4) is 0 Å². The lowest BCUT2D eigenvalue weighted by Crippen LogP contribution is -2.14. The van der Waals surface area contributed by atoms with Crippen LogP contribution in [0.5, 0.6) is 0 Å². The van der Waals surface area contributed by atoms with Crippen molar-refractivity contribution in [1.29, 1.82) is 0 Å². The Morgan fingerprint density at radius 2 is 2.05 bits per heavy atom. The van der Waals surface area contributed by atoms with Crippen LogP contribution in [-0.4, -0.2) is 18.3 Å². The van der Waals surface area contributed by atoms with E-state index >= 15 is 0 Å². The molecule has 0 aliphatic rings. The Morgan fingerprint density at radius 3 is 2.67 bits per heavy atom. The molecule has 0 saturated heterocycles. The highest BCUT2D eigenvalue weighted by Crippen LogP contribution is 2.26. The van der Waals surface area contributed by atoms with E-state index in [0.717, 1.165) is 6.07 Å². The molecule has 0 radical (unpaired) electrons. The van der Waals surface area contributed by atoms with Crippen LogP contribution in [0.4, 0.5) is 17.1 Å². The molecular weight excluding hydrogens is 296 g/mol. The van der Waals surface area contributed by atoms with Crippen molar-refractivity contribution in [2.24, 2.45) is 0 Å². The molecule has 9 heteroatoms. The summed E-state index contributed by atoms with van der Waals surface area (Å²) >= 11 is 0. The van der Waals surface area contributed by atoms with Gasteiger partial charge in [0, 0.05) is 18.5 Å². The largest absolute Gasteiger partial charge is 0.393 e. The van der Waals surface area contributed by atoms with Gasteiger partial charge in [0.25, 0.3) is 15.7 Å². The SMILES string of the molecule is Cc1cnccc1NS(=O)(=O)c1ccc(N)c([N+](=O)[O-])c1. The maximum Gasteiger partial charge on any atom is 0.293 e. The van der Waals surface area contributed by atoms with Crippen molar-refractivity contribution >= 4 is 27.1 Å². The van der Waals surface area contributed by atoms with Crippen molar-refractivity contribution in [2.45, 2.75) is 11.8 Å². The zero-order valence-corrected chi connectivity index (χ0v) is 11.8. The minimum Gasteiger partial charge on any atom is -0.393 e. The molecule has 0 amide bonds.